The summed E-state index contributed by atoms with van der Waals surface area (Å²) in [6.07, 6.45) is 19.8. The van der Waals surface area contributed by atoms with Gasteiger partial charge in [-0.05, 0) is 90.9 Å². The van der Waals surface area contributed by atoms with Gasteiger partial charge >= 0.3 is 5.97 Å². The Labute approximate surface area is 231 Å². The minimum atomic E-state index is -0.968. The van der Waals surface area contributed by atoms with Crippen molar-refractivity contribution < 1.29 is 9.90 Å². The first kappa shape index (κ1) is 23.6. The molecule has 0 amide bonds. The maximum atomic E-state index is 11.5. The highest BCUT2D eigenvalue weighted by Crippen LogP contribution is 2.34. The number of hydrogen-bond donors (Lipinski definition) is 1. The molecule has 0 aromatic heterocycles. The molecule has 0 unspecified atom stereocenters. The van der Waals surface area contributed by atoms with E-state index in [0.29, 0.717) is 0 Å². The Morgan fingerprint density at radius 3 is 1.82 bits per heavy atom. The van der Waals surface area contributed by atoms with E-state index < -0.39 is 5.97 Å². The summed E-state index contributed by atoms with van der Waals surface area (Å²) >= 11 is 0. The van der Waals surface area contributed by atoms with Crippen molar-refractivity contribution >= 4 is 40.0 Å². The van der Waals surface area contributed by atoms with Crippen molar-refractivity contribution in [1.29, 1.82) is 0 Å². The van der Waals surface area contributed by atoms with Gasteiger partial charge in [-0.1, -0.05) is 42.0 Å². The Morgan fingerprint density at radius 1 is 0.575 bits per heavy atom. The molecule has 1 N–H and O–H groups in total. The molecule has 6 nitrogen and oxygen atoms in total. The van der Waals surface area contributed by atoms with Gasteiger partial charge in [0.1, 0.15) is 0 Å². The molecule has 0 saturated heterocycles. The summed E-state index contributed by atoms with van der Waals surface area (Å²) in [7, 11) is 0. The minimum Gasteiger partial charge on any atom is -0.478 e. The first-order valence-electron chi connectivity index (χ1n) is 12.9. The van der Waals surface area contributed by atoms with Crippen LogP contribution in [0.2, 0.25) is 0 Å². The van der Waals surface area contributed by atoms with Crippen molar-refractivity contribution in [3.63, 3.8) is 0 Å². The van der Waals surface area contributed by atoms with Gasteiger partial charge in [-0.15, -0.1) is 0 Å². The number of nitrogens with zero attached hydrogens (tertiary/aromatic N) is 4. The van der Waals surface area contributed by atoms with Crippen LogP contribution in [0.5, 0.6) is 0 Å². The highest BCUT2D eigenvalue weighted by molar-refractivity contribution is 6.36. The number of aryl methyl sites for hydroxylation is 1. The third-order valence-corrected chi connectivity index (χ3v) is 7.02. The lowest BCUT2D eigenvalue weighted by Crippen LogP contribution is -2.03. The maximum absolute atomic E-state index is 11.5. The van der Waals surface area contributed by atoms with Crippen molar-refractivity contribution in [1.82, 2.24) is 0 Å². The number of carboxylic acids is 1. The second-order valence-corrected chi connectivity index (χ2v) is 9.81. The van der Waals surface area contributed by atoms with Gasteiger partial charge in [-0.3, -0.25) is 0 Å². The number of rotatable bonds is 3. The van der Waals surface area contributed by atoms with Crippen molar-refractivity contribution in [2.75, 3.05) is 0 Å². The fourth-order valence-corrected chi connectivity index (χ4v) is 5.05. The molecule has 0 atom stereocenters. The largest absolute Gasteiger partial charge is 0.478 e. The normalized spacial score (nSPS) is 18.6. The molecule has 0 radical (unpaired) electrons. The number of hydrogen-bond acceptors (Lipinski definition) is 5. The maximum Gasteiger partial charge on any atom is 0.335 e. The van der Waals surface area contributed by atoms with E-state index >= 15 is 0 Å². The molecule has 5 heterocycles. The Balaban J connectivity index is 1.48. The standard InChI is InChI=1S/C34H22N4O2/c1-20-2-4-21(5-3-20)32-28-14-12-26(36-28)18-24-10-11-25(35-24)19-27-13-15-29(37-27)33(31-17-16-30(32)38-31)22-6-8-23(9-7-22)34(39)40/h2-19H,1H3,(H,39,40). The SMILES string of the molecule is Cc1ccc(C2=C3C=CC(=N3)C=C3C=CC(=N3)C=C3C=CC(=N3)C(c3ccc(C(=O)O)cc3)=C3C=CC2=N3)cc1. The Bertz CT molecular complexity index is 1880. The van der Waals surface area contributed by atoms with Gasteiger partial charge in [0.05, 0.1) is 51.2 Å². The molecule has 0 saturated carbocycles. The number of aromatic carboxylic acids is 1. The summed E-state index contributed by atoms with van der Waals surface area (Å²) in [5, 5.41) is 9.43. The van der Waals surface area contributed by atoms with E-state index in [0.717, 1.165) is 67.9 Å². The number of benzene rings is 2. The van der Waals surface area contributed by atoms with Crippen LogP contribution in [-0.4, -0.2) is 33.9 Å². The zero-order valence-electron chi connectivity index (χ0n) is 21.5. The summed E-state index contributed by atoms with van der Waals surface area (Å²) in [6.45, 7) is 2.07. The van der Waals surface area contributed by atoms with Gasteiger partial charge in [0.15, 0.2) is 0 Å². The molecule has 5 aliphatic heterocycles. The third kappa shape index (κ3) is 4.31. The summed E-state index contributed by atoms with van der Waals surface area (Å²) in [4.78, 5) is 31.2. The van der Waals surface area contributed by atoms with Crippen LogP contribution in [0.4, 0.5) is 0 Å². The first-order valence-corrected chi connectivity index (χ1v) is 12.9. The quantitative estimate of drug-likeness (QED) is 0.494. The molecule has 2 aromatic carbocycles. The lowest BCUT2D eigenvalue weighted by Gasteiger charge is -2.11. The van der Waals surface area contributed by atoms with Crippen LogP contribution in [0.25, 0.3) is 11.1 Å². The molecule has 8 bridgehead atoms. The summed E-state index contributed by atoms with van der Waals surface area (Å²) in [6, 6.07) is 15.2. The fourth-order valence-electron chi connectivity index (χ4n) is 5.05. The molecule has 7 rings (SSSR count). The van der Waals surface area contributed by atoms with Crippen LogP contribution < -0.4 is 0 Å². The molecular formula is C34H22N4O2. The van der Waals surface area contributed by atoms with Gasteiger partial charge in [-0.25, -0.2) is 24.8 Å². The zero-order valence-corrected chi connectivity index (χ0v) is 21.5. The van der Waals surface area contributed by atoms with E-state index in [4.69, 9.17) is 20.0 Å². The molecule has 190 valence electrons. The summed E-state index contributed by atoms with van der Waals surface area (Å²) < 4.78 is 0. The van der Waals surface area contributed by atoms with Crippen molar-refractivity contribution in [3.05, 3.63) is 154 Å². The average molecular weight is 519 g/mol. The molecule has 5 aliphatic rings. The van der Waals surface area contributed by atoms with E-state index in [1.165, 1.54) is 5.56 Å². The van der Waals surface area contributed by atoms with Crippen LogP contribution in [-0.2, 0) is 0 Å². The van der Waals surface area contributed by atoms with Crippen molar-refractivity contribution in [3.8, 4) is 0 Å². The van der Waals surface area contributed by atoms with Gasteiger partial charge in [-0.2, -0.15) is 0 Å². The van der Waals surface area contributed by atoms with E-state index in [-0.39, 0.29) is 5.56 Å². The van der Waals surface area contributed by atoms with Crippen LogP contribution in [0.1, 0.15) is 27.0 Å². The van der Waals surface area contributed by atoms with Crippen LogP contribution in [0.15, 0.2) is 152 Å². The van der Waals surface area contributed by atoms with Crippen molar-refractivity contribution in [2.45, 2.75) is 6.92 Å². The van der Waals surface area contributed by atoms with Crippen LogP contribution in [0, 0.1) is 6.92 Å². The number of carboxylic acid groups (broad SMARTS) is 1. The molecule has 6 heteroatoms. The highest BCUT2D eigenvalue weighted by atomic mass is 16.4. The first-order chi connectivity index (χ1) is 19.5. The van der Waals surface area contributed by atoms with E-state index in [1.807, 2.05) is 60.8 Å². The van der Waals surface area contributed by atoms with Crippen LogP contribution in [0.3, 0.4) is 0 Å². The Morgan fingerprint density at radius 2 is 1.10 bits per heavy atom. The predicted octanol–water partition coefficient (Wildman–Crippen LogP) is 6.64. The molecular weight excluding hydrogens is 496 g/mol. The van der Waals surface area contributed by atoms with Crippen LogP contribution >= 0.6 is 0 Å². The van der Waals surface area contributed by atoms with Crippen molar-refractivity contribution in [2.24, 2.45) is 20.0 Å². The van der Waals surface area contributed by atoms with Gasteiger partial charge in [0.25, 0.3) is 0 Å². The zero-order chi connectivity index (χ0) is 27.2. The third-order valence-electron chi connectivity index (χ3n) is 7.02. The smallest absolute Gasteiger partial charge is 0.335 e. The number of allylic oxidation sites excluding steroid dienone is 12. The molecule has 0 aliphatic carbocycles. The summed E-state index contributed by atoms with van der Waals surface area (Å²) in [5.74, 6) is -0.968. The Hall–Kier alpha value is -5.49. The average Bonchev–Trinajstić information content (AvgIpc) is 3.76. The lowest BCUT2D eigenvalue weighted by molar-refractivity contribution is 0.0697. The fraction of sp³-hybridized carbons (Fsp3) is 0.0294. The van der Waals surface area contributed by atoms with Gasteiger partial charge in [0, 0.05) is 11.1 Å². The number of carbonyl (C=O) groups is 1. The minimum absolute atomic E-state index is 0.223. The van der Waals surface area contributed by atoms with E-state index in [1.54, 1.807) is 24.3 Å². The molecule has 0 fully saturated rings. The second-order valence-electron chi connectivity index (χ2n) is 9.81. The number of fused-ring (bicyclic) bond motifs is 4. The molecule has 2 aromatic rings. The van der Waals surface area contributed by atoms with E-state index in [9.17, 15) is 9.90 Å². The molecule has 40 heavy (non-hydrogen) atoms. The lowest BCUT2D eigenvalue weighted by atomic mass is 9.97. The topological polar surface area (TPSA) is 86.7 Å². The monoisotopic (exact) mass is 518 g/mol. The van der Waals surface area contributed by atoms with Gasteiger partial charge in [0.2, 0.25) is 0 Å². The molecule has 0 spiro atoms. The van der Waals surface area contributed by atoms with E-state index in [2.05, 4.69) is 31.2 Å². The number of aliphatic imine (C=N–C) groups is 4. The predicted molar refractivity (Wildman–Crippen MR) is 161 cm³/mol. The van der Waals surface area contributed by atoms with Gasteiger partial charge < -0.3 is 5.11 Å². The highest BCUT2D eigenvalue weighted by Gasteiger charge is 2.23. The Kier molecular flexibility index (Phi) is 5.53. The second kappa shape index (κ2) is 9.36. The summed E-state index contributed by atoms with van der Waals surface area (Å²) in [5.41, 5.74) is 11.3.